The highest BCUT2D eigenvalue weighted by atomic mass is 32.1. The summed E-state index contributed by atoms with van der Waals surface area (Å²) in [5, 5.41) is 6.51. The molecule has 2 aliphatic carbocycles. The van der Waals surface area contributed by atoms with Crippen LogP contribution in [-0.2, 0) is 11.3 Å². The predicted molar refractivity (Wildman–Crippen MR) is 97.9 cm³/mol. The molecule has 5 nitrogen and oxygen atoms in total. The lowest BCUT2D eigenvalue weighted by molar-refractivity contribution is 0.0467. The number of hydrogen-bond acceptors (Lipinski definition) is 6. The lowest BCUT2D eigenvalue weighted by Crippen LogP contribution is -2.08. The average Bonchev–Trinajstić information content (AvgIpc) is 3.34. The third-order valence-corrected chi connectivity index (χ3v) is 5.86. The Morgan fingerprint density at radius 2 is 2.04 bits per heavy atom. The molecule has 0 unspecified atom stereocenters. The van der Waals surface area contributed by atoms with E-state index in [0.29, 0.717) is 17.5 Å². The van der Waals surface area contributed by atoms with Gasteiger partial charge >= 0.3 is 5.97 Å². The fourth-order valence-electron chi connectivity index (χ4n) is 3.19. The summed E-state index contributed by atoms with van der Waals surface area (Å²) < 4.78 is 5.39. The molecule has 6 heteroatoms. The molecule has 2 fully saturated rings. The van der Waals surface area contributed by atoms with E-state index in [1.54, 1.807) is 23.6 Å². The number of thiazole rings is 1. The fourth-order valence-corrected chi connectivity index (χ4v) is 4.16. The molecule has 1 N–H and O–H groups in total. The molecule has 4 rings (SSSR count). The summed E-state index contributed by atoms with van der Waals surface area (Å²) in [6.45, 7) is 0.226. The highest BCUT2D eigenvalue weighted by molar-refractivity contribution is 7.09. The molecule has 2 saturated carbocycles. The van der Waals surface area contributed by atoms with E-state index in [0.717, 1.165) is 11.5 Å². The maximum absolute atomic E-state index is 12.2. The van der Waals surface area contributed by atoms with E-state index in [1.807, 2.05) is 11.4 Å². The zero-order valence-electron chi connectivity index (χ0n) is 14.2. The average molecular weight is 357 g/mol. The van der Waals surface area contributed by atoms with Crippen molar-refractivity contribution in [2.75, 3.05) is 5.32 Å². The van der Waals surface area contributed by atoms with Crippen LogP contribution in [0.2, 0.25) is 0 Å². The zero-order chi connectivity index (χ0) is 17.1. The van der Waals surface area contributed by atoms with E-state index in [-0.39, 0.29) is 12.6 Å². The van der Waals surface area contributed by atoms with Gasteiger partial charge in [-0.2, -0.15) is 0 Å². The topological polar surface area (TPSA) is 64.1 Å². The summed E-state index contributed by atoms with van der Waals surface area (Å²) in [7, 11) is 0. The fraction of sp³-hybridized carbons (Fsp3) is 0.526. The number of rotatable bonds is 6. The number of hydrogen-bond donors (Lipinski definition) is 1. The van der Waals surface area contributed by atoms with Crippen LogP contribution >= 0.6 is 11.3 Å². The van der Waals surface area contributed by atoms with Gasteiger partial charge in [-0.15, -0.1) is 11.3 Å². The summed E-state index contributed by atoms with van der Waals surface area (Å²) in [6.07, 6.45) is 10.4. The van der Waals surface area contributed by atoms with E-state index in [2.05, 4.69) is 15.3 Å². The molecule has 2 aliphatic rings. The Bertz CT molecular complexity index is 719. The molecule has 2 heterocycles. The van der Waals surface area contributed by atoms with Crippen molar-refractivity contribution in [3.05, 3.63) is 40.0 Å². The quantitative estimate of drug-likeness (QED) is 0.770. The van der Waals surface area contributed by atoms with Crippen LogP contribution in [0.25, 0.3) is 0 Å². The molecule has 0 aliphatic heterocycles. The number of nitrogens with zero attached hydrogens (tertiary/aromatic N) is 2. The first kappa shape index (κ1) is 16.5. The van der Waals surface area contributed by atoms with E-state index in [9.17, 15) is 4.79 Å². The van der Waals surface area contributed by atoms with Gasteiger partial charge in [0.05, 0.1) is 16.3 Å². The Kier molecular flexibility index (Phi) is 4.97. The second-order valence-corrected chi connectivity index (χ2v) is 7.83. The first-order valence-corrected chi connectivity index (χ1v) is 10.00. The van der Waals surface area contributed by atoms with Crippen molar-refractivity contribution in [1.29, 1.82) is 0 Å². The van der Waals surface area contributed by atoms with Crippen LogP contribution < -0.4 is 5.32 Å². The minimum Gasteiger partial charge on any atom is -0.456 e. The predicted octanol–water partition coefficient (Wildman–Crippen LogP) is 4.52. The van der Waals surface area contributed by atoms with Crippen molar-refractivity contribution < 1.29 is 9.53 Å². The van der Waals surface area contributed by atoms with Gasteiger partial charge in [0, 0.05) is 23.5 Å². The largest absolute Gasteiger partial charge is 0.456 e. The summed E-state index contributed by atoms with van der Waals surface area (Å²) >= 11 is 1.69. The molecule has 2 aromatic rings. The minimum atomic E-state index is -0.349. The lowest BCUT2D eigenvalue weighted by Gasteiger charge is -2.18. The van der Waals surface area contributed by atoms with Crippen LogP contribution in [0.1, 0.15) is 71.9 Å². The van der Waals surface area contributed by atoms with Gasteiger partial charge < -0.3 is 10.1 Å². The minimum absolute atomic E-state index is 0.226. The van der Waals surface area contributed by atoms with Crippen LogP contribution in [-0.4, -0.2) is 22.0 Å². The number of ether oxygens (including phenoxy) is 1. The van der Waals surface area contributed by atoms with Crippen LogP contribution in [0.3, 0.4) is 0 Å². The summed E-state index contributed by atoms with van der Waals surface area (Å²) in [4.78, 5) is 21.1. The lowest BCUT2D eigenvalue weighted by atomic mass is 9.90. The van der Waals surface area contributed by atoms with Gasteiger partial charge in [-0.25, -0.2) is 14.8 Å². The van der Waals surface area contributed by atoms with Gasteiger partial charge in [-0.3, -0.25) is 0 Å². The number of aromatic nitrogens is 2. The highest BCUT2D eigenvalue weighted by Crippen LogP contribution is 2.34. The molecule has 0 radical (unpaired) electrons. The maximum Gasteiger partial charge on any atom is 0.340 e. The molecule has 2 aromatic heterocycles. The highest BCUT2D eigenvalue weighted by Gasteiger charge is 2.21. The van der Waals surface area contributed by atoms with Gasteiger partial charge in [0.15, 0.2) is 0 Å². The van der Waals surface area contributed by atoms with Crippen molar-refractivity contribution in [3.8, 4) is 0 Å². The van der Waals surface area contributed by atoms with Gasteiger partial charge in [0.1, 0.15) is 12.4 Å². The van der Waals surface area contributed by atoms with E-state index in [1.165, 1.54) is 50.0 Å². The second-order valence-electron chi connectivity index (χ2n) is 6.94. The standard InChI is InChI=1S/C19H23N3O2S/c23-19(14-6-9-17(20-10-14)21-15-7-8-15)24-11-16-12-25-18(22-16)13-4-2-1-3-5-13/h6,9-10,12-13,15H,1-5,7-8,11H2,(H,20,21). The molecule has 0 atom stereocenters. The number of anilines is 1. The molecule has 0 bridgehead atoms. The van der Waals surface area contributed by atoms with Gasteiger partial charge in [0.2, 0.25) is 0 Å². The van der Waals surface area contributed by atoms with Crippen LogP contribution in [0.15, 0.2) is 23.7 Å². The van der Waals surface area contributed by atoms with Crippen LogP contribution in [0, 0.1) is 0 Å². The smallest absolute Gasteiger partial charge is 0.340 e. The number of pyridine rings is 1. The van der Waals surface area contributed by atoms with Crippen molar-refractivity contribution in [2.45, 2.75) is 63.5 Å². The van der Waals surface area contributed by atoms with Crippen molar-refractivity contribution in [1.82, 2.24) is 9.97 Å². The Balaban J connectivity index is 1.29. The summed E-state index contributed by atoms with van der Waals surface area (Å²) in [5.74, 6) is 1.06. The molecule has 0 spiro atoms. The normalized spacial score (nSPS) is 18.1. The van der Waals surface area contributed by atoms with Crippen molar-refractivity contribution in [2.24, 2.45) is 0 Å². The summed E-state index contributed by atoms with van der Waals surface area (Å²) in [6, 6.07) is 4.14. The number of esters is 1. The van der Waals surface area contributed by atoms with Crippen molar-refractivity contribution >= 4 is 23.1 Å². The Hall–Kier alpha value is -1.95. The van der Waals surface area contributed by atoms with Crippen molar-refractivity contribution in [3.63, 3.8) is 0 Å². The van der Waals surface area contributed by atoms with Gasteiger partial charge in [0.25, 0.3) is 0 Å². The summed E-state index contributed by atoms with van der Waals surface area (Å²) in [5.41, 5.74) is 1.32. The van der Waals surface area contributed by atoms with Crippen LogP contribution in [0.5, 0.6) is 0 Å². The third kappa shape index (κ3) is 4.37. The molecule has 0 saturated heterocycles. The van der Waals surface area contributed by atoms with Gasteiger partial charge in [-0.1, -0.05) is 19.3 Å². The first-order valence-electron chi connectivity index (χ1n) is 9.12. The Morgan fingerprint density at radius 3 is 2.76 bits per heavy atom. The molecule has 0 amide bonds. The number of nitrogens with one attached hydrogen (secondary N) is 1. The van der Waals surface area contributed by atoms with E-state index in [4.69, 9.17) is 4.74 Å². The Labute approximate surface area is 151 Å². The SMILES string of the molecule is O=C(OCc1csc(C2CCCCC2)n1)c1ccc(NC2CC2)nc1. The maximum atomic E-state index is 12.2. The van der Waals surface area contributed by atoms with E-state index >= 15 is 0 Å². The number of carbonyl (C=O) groups is 1. The molecular weight excluding hydrogens is 334 g/mol. The molecule has 132 valence electrons. The molecule has 0 aromatic carbocycles. The van der Waals surface area contributed by atoms with Gasteiger partial charge in [-0.05, 0) is 37.8 Å². The molecular formula is C19H23N3O2S. The molecule has 25 heavy (non-hydrogen) atoms. The third-order valence-electron chi connectivity index (χ3n) is 4.80. The van der Waals surface area contributed by atoms with Crippen LogP contribution in [0.4, 0.5) is 5.82 Å². The first-order chi connectivity index (χ1) is 12.3. The zero-order valence-corrected chi connectivity index (χ0v) is 15.1. The monoisotopic (exact) mass is 357 g/mol. The number of carbonyl (C=O) groups excluding carboxylic acids is 1. The second kappa shape index (κ2) is 7.52. The van der Waals surface area contributed by atoms with E-state index < -0.39 is 0 Å². The Morgan fingerprint density at radius 1 is 1.20 bits per heavy atom.